The fraction of sp³-hybridized carbons (Fsp3) is 0.450. The van der Waals surface area contributed by atoms with Crippen molar-refractivity contribution in [2.24, 2.45) is 11.7 Å². The minimum Gasteiger partial charge on any atom is -0.392 e. The zero-order valence-corrected chi connectivity index (χ0v) is 16.5. The van der Waals surface area contributed by atoms with Crippen molar-refractivity contribution in [3.8, 4) is 0 Å². The lowest BCUT2D eigenvalue weighted by Gasteiger charge is -2.34. The van der Waals surface area contributed by atoms with E-state index in [0.717, 1.165) is 5.56 Å². The molecular weight excluding hydrogens is 388 g/mol. The van der Waals surface area contributed by atoms with Gasteiger partial charge >= 0.3 is 0 Å². The normalized spacial score (nSPS) is 19.8. The third-order valence-corrected chi connectivity index (χ3v) is 5.58. The summed E-state index contributed by atoms with van der Waals surface area (Å²) in [7, 11) is 0. The lowest BCUT2D eigenvalue weighted by molar-refractivity contribution is -0.182. The number of hydrogen-bond donors (Lipinski definition) is 2. The Balaban J connectivity index is 1.41. The van der Waals surface area contributed by atoms with Gasteiger partial charge < -0.3 is 15.7 Å². The number of carbonyl (C=O) groups is 2. The molecule has 10 heteroatoms. The molecule has 0 radical (unpaired) electrons. The van der Waals surface area contributed by atoms with E-state index in [9.17, 15) is 14.7 Å². The number of aliphatic hydroxyl groups excluding tert-OH is 1. The quantitative estimate of drug-likeness (QED) is 0.728. The molecule has 2 fully saturated rings. The number of anilines is 1. The largest absolute Gasteiger partial charge is 0.392 e. The SMILES string of the molecule is NC(=O)c1cc(N2CCC(C(=O)N3OCCC3c3cncc(CO)c3)CC2)ncn1. The maximum Gasteiger partial charge on any atom is 0.267 e. The standard InChI is InChI=1S/C20H24N6O4/c21-19(28)16-8-18(24-12-23-16)25-4-1-14(2-5-25)20(29)26-17(3-6-30-26)15-7-13(11-27)9-22-10-15/h7-10,12,14,17,27H,1-6,11H2,(H2,21,28). The number of amides is 2. The number of aromatic nitrogens is 3. The molecule has 0 bridgehead atoms. The van der Waals surface area contributed by atoms with Gasteiger partial charge in [0.2, 0.25) is 5.91 Å². The Kier molecular flexibility index (Phi) is 5.86. The molecule has 2 aromatic heterocycles. The Morgan fingerprint density at radius 1 is 1.17 bits per heavy atom. The van der Waals surface area contributed by atoms with Crippen molar-refractivity contribution in [3.05, 3.63) is 47.7 Å². The smallest absolute Gasteiger partial charge is 0.267 e. The summed E-state index contributed by atoms with van der Waals surface area (Å²) in [5, 5.41) is 10.8. The Hall–Kier alpha value is -3.11. The van der Waals surface area contributed by atoms with Crippen molar-refractivity contribution in [1.29, 1.82) is 0 Å². The summed E-state index contributed by atoms with van der Waals surface area (Å²) in [6.45, 7) is 1.63. The van der Waals surface area contributed by atoms with E-state index in [4.69, 9.17) is 10.6 Å². The molecule has 10 nitrogen and oxygen atoms in total. The number of carbonyl (C=O) groups excluding carboxylic acids is 2. The van der Waals surface area contributed by atoms with Crippen molar-refractivity contribution in [1.82, 2.24) is 20.0 Å². The van der Waals surface area contributed by atoms with E-state index in [1.807, 2.05) is 11.0 Å². The van der Waals surface area contributed by atoms with Crippen LogP contribution in [-0.4, -0.2) is 56.6 Å². The minimum atomic E-state index is -0.597. The van der Waals surface area contributed by atoms with E-state index in [2.05, 4.69) is 15.0 Å². The fourth-order valence-corrected chi connectivity index (χ4v) is 3.96. The van der Waals surface area contributed by atoms with Crippen LogP contribution in [-0.2, 0) is 16.2 Å². The predicted octanol–water partition coefficient (Wildman–Crippen LogP) is 0.584. The first kappa shape index (κ1) is 20.2. The van der Waals surface area contributed by atoms with Gasteiger partial charge in [-0.3, -0.25) is 19.4 Å². The summed E-state index contributed by atoms with van der Waals surface area (Å²) in [4.78, 5) is 44.4. The molecule has 2 aliphatic rings. The lowest BCUT2D eigenvalue weighted by Crippen LogP contribution is -2.42. The Bertz CT molecular complexity index is 931. The van der Waals surface area contributed by atoms with E-state index in [1.54, 1.807) is 18.5 Å². The van der Waals surface area contributed by atoms with Gasteiger partial charge in [0.05, 0.1) is 19.3 Å². The second-order valence-corrected chi connectivity index (χ2v) is 7.47. The van der Waals surface area contributed by atoms with Crippen LogP contribution >= 0.6 is 0 Å². The third-order valence-electron chi connectivity index (χ3n) is 5.58. The second kappa shape index (κ2) is 8.72. The average molecular weight is 412 g/mol. The van der Waals surface area contributed by atoms with Crippen LogP contribution in [0.25, 0.3) is 0 Å². The average Bonchev–Trinajstić information content (AvgIpc) is 3.29. The predicted molar refractivity (Wildman–Crippen MR) is 106 cm³/mol. The van der Waals surface area contributed by atoms with Gasteiger partial charge in [-0.25, -0.2) is 15.0 Å². The van der Waals surface area contributed by atoms with Crippen LogP contribution in [0.2, 0.25) is 0 Å². The van der Waals surface area contributed by atoms with Crippen LogP contribution in [0.4, 0.5) is 5.82 Å². The van der Waals surface area contributed by atoms with Gasteiger partial charge in [0, 0.05) is 43.9 Å². The van der Waals surface area contributed by atoms with E-state index in [0.29, 0.717) is 50.3 Å². The molecule has 1 unspecified atom stereocenters. The molecule has 158 valence electrons. The van der Waals surface area contributed by atoms with Crippen molar-refractivity contribution in [2.75, 3.05) is 24.6 Å². The molecule has 1 atom stereocenters. The van der Waals surface area contributed by atoms with E-state index < -0.39 is 5.91 Å². The van der Waals surface area contributed by atoms with Gasteiger partial charge in [-0.2, -0.15) is 0 Å². The van der Waals surface area contributed by atoms with Crippen LogP contribution in [0.1, 0.15) is 46.9 Å². The molecule has 2 aromatic rings. The highest BCUT2D eigenvalue weighted by atomic mass is 16.7. The molecule has 4 heterocycles. The van der Waals surface area contributed by atoms with Gasteiger partial charge in [0.25, 0.3) is 5.91 Å². The van der Waals surface area contributed by atoms with E-state index >= 15 is 0 Å². The lowest BCUT2D eigenvalue weighted by atomic mass is 9.94. The maximum absolute atomic E-state index is 13.2. The van der Waals surface area contributed by atoms with Crippen LogP contribution < -0.4 is 10.6 Å². The molecule has 0 aromatic carbocycles. The number of hydrogen-bond acceptors (Lipinski definition) is 8. The van der Waals surface area contributed by atoms with Gasteiger partial charge in [0.1, 0.15) is 17.8 Å². The third kappa shape index (κ3) is 4.10. The summed E-state index contributed by atoms with van der Waals surface area (Å²) in [6, 6.07) is 3.24. The molecule has 2 amide bonds. The fourth-order valence-electron chi connectivity index (χ4n) is 3.96. The highest BCUT2D eigenvalue weighted by Crippen LogP contribution is 2.34. The maximum atomic E-state index is 13.2. The van der Waals surface area contributed by atoms with E-state index in [-0.39, 0.29) is 30.2 Å². The van der Waals surface area contributed by atoms with Gasteiger partial charge in [-0.05, 0) is 30.0 Å². The van der Waals surface area contributed by atoms with Crippen molar-refractivity contribution < 1.29 is 19.5 Å². The Morgan fingerprint density at radius 3 is 2.70 bits per heavy atom. The Morgan fingerprint density at radius 2 is 1.97 bits per heavy atom. The van der Waals surface area contributed by atoms with Gasteiger partial charge in [0.15, 0.2) is 0 Å². The molecule has 0 saturated carbocycles. The number of hydroxylamine groups is 2. The molecule has 2 saturated heterocycles. The number of primary amides is 1. The summed E-state index contributed by atoms with van der Waals surface area (Å²) in [5.41, 5.74) is 7.04. The molecule has 0 spiro atoms. The number of aliphatic hydroxyl groups is 1. The zero-order valence-electron chi connectivity index (χ0n) is 16.5. The van der Waals surface area contributed by atoms with Gasteiger partial charge in [-0.1, -0.05) is 0 Å². The molecule has 4 rings (SSSR count). The number of pyridine rings is 1. The van der Waals surface area contributed by atoms with Gasteiger partial charge in [-0.15, -0.1) is 0 Å². The molecule has 3 N–H and O–H groups in total. The monoisotopic (exact) mass is 412 g/mol. The van der Waals surface area contributed by atoms with E-state index in [1.165, 1.54) is 11.4 Å². The first-order valence-electron chi connectivity index (χ1n) is 9.94. The summed E-state index contributed by atoms with van der Waals surface area (Å²) >= 11 is 0. The number of nitrogens with two attached hydrogens (primary N) is 1. The minimum absolute atomic E-state index is 0.0351. The van der Waals surface area contributed by atoms with Crippen LogP contribution in [0.15, 0.2) is 30.9 Å². The molecule has 30 heavy (non-hydrogen) atoms. The topological polar surface area (TPSA) is 135 Å². The molecular formula is C20H24N6O4. The second-order valence-electron chi connectivity index (χ2n) is 7.47. The summed E-state index contributed by atoms with van der Waals surface area (Å²) in [6.07, 6.45) is 6.64. The Labute approximate surface area is 173 Å². The molecule has 2 aliphatic heterocycles. The van der Waals surface area contributed by atoms with Crippen molar-refractivity contribution in [3.63, 3.8) is 0 Å². The zero-order chi connectivity index (χ0) is 21.1. The van der Waals surface area contributed by atoms with Crippen molar-refractivity contribution in [2.45, 2.75) is 31.9 Å². The van der Waals surface area contributed by atoms with Crippen LogP contribution in [0.5, 0.6) is 0 Å². The van der Waals surface area contributed by atoms with Crippen LogP contribution in [0.3, 0.4) is 0 Å². The van der Waals surface area contributed by atoms with Crippen LogP contribution in [0, 0.1) is 5.92 Å². The summed E-state index contributed by atoms with van der Waals surface area (Å²) < 4.78 is 0. The number of rotatable bonds is 5. The highest BCUT2D eigenvalue weighted by Gasteiger charge is 2.37. The first-order chi connectivity index (χ1) is 14.6. The molecule has 0 aliphatic carbocycles. The summed E-state index contributed by atoms with van der Waals surface area (Å²) in [5.74, 6) is -0.159. The number of nitrogens with zero attached hydrogens (tertiary/aromatic N) is 5. The highest BCUT2D eigenvalue weighted by molar-refractivity contribution is 5.91. The van der Waals surface area contributed by atoms with Crippen molar-refractivity contribution >= 4 is 17.6 Å². The first-order valence-corrected chi connectivity index (χ1v) is 9.94. The number of piperidine rings is 1.